The summed E-state index contributed by atoms with van der Waals surface area (Å²) in [6.07, 6.45) is 0. The Kier molecular flexibility index (Phi) is 3.84. The molecule has 0 aliphatic heterocycles. The third kappa shape index (κ3) is 2.82. The van der Waals surface area contributed by atoms with Crippen LogP contribution in [0.4, 0.5) is 10.1 Å². The lowest BCUT2D eigenvalue weighted by Gasteiger charge is -2.06. The van der Waals surface area contributed by atoms with Crippen LogP contribution in [0.1, 0.15) is 0 Å². The Morgan fingerprint density at radius 1 is 1.32 bits per heavy atom. The Hall–Kier alpha value is -2.74. The maximum absolute atomic E-state index is 13.5. The number of anilines is 1. The summed E-state index contributed by atoms with van der Waals surface area (Å²) >= 11 is 1.36. The van der Waals surface area contributed by atoms with Gasteiger partial charge in [-0.1, -0.05) is 23.4 Å². The Bertz CT molecular complexity index is 854. The van der Waals surface area contributed by atoms with Crippen molar-refractivity contribution >= 4 is 22.9 Å². The average Bonchev–Trinajstić information content (AvgIpc) is 3.12. The lowest BCUT2D eigenvalue weighted by molar-refractivity contribution is -0.116. The highest BCUT2D eigenvalue weighted by Crippen LogP contribution is 2.21. The van der Waals surface area contributed by atoms with Crippen LogP contribution < -0.4 is 11.1 Å². The number of benzene rings is 1. The van der Waals surface area contributed by atoms with Gasteiger partial charge in [0.15, 0.2) is 5.82 Å². The van der Waals surface area contributed by atoms with Gasteiger partial charge in [-0.05, 0) is 23.6 Å². The van der Waals surface area contributed by atoms with Crippen molar-refractivity contribution < 1.29 is 13.7 Å². The van der Waals surface area contributed by atoms with Crippen LogP contribution in [0.25, 0.3) is 10.7 Å². The predicted octanol–water partition coefficient (Wildman–Crippen LogP) is 2.34. The molecule has 1 amide bonds. The highest BCUT2D eigenvalue weighted by atomic mass is 32.1. The van der Waals surface area contributed by atoms with Crippen LogP contribution in [0.5, 0.6) is 0 Å². The Balaban J connectivity index is 1.82. The van der Waals surface area contributed by atoms with Crippen molar-refractivity contribution in [3.63, 3.8) is 0 Å². The van der Waals surface area contributed by atoms with Crippen molar-refractivity contribution in [1.29, 1.82) is 0 Å². The van der Waals surface area contributed by atoms with Crippen LogP contribution in [0.2, 0.25) is 0 Å². The molecule has 2 heterocycles. The minimum absolute atomic E-state index is 0.0506. The van der Waals surface area contributed by atoms with E-state index in [0.29, 0.717) is 4.88 Å². The van der Waals surface area contributed by atoms with Crippen LogP contribution in [0.15, 0.2) is 51.1 Å². The number of para-hydroxylation sites is 1. The molecule has 112 valence electrons. The van der Waals surface area contributed by atoms with Gasteiger partial charge in [-0.25, -0.2) is 13.8 Å². The molecule has 0 bridgehead atoms. The summed E-state index contributed by atoms with van der Waals surface area (Å²) in [5.41, 5.74) is 0.0506. The molecule has 3 aromatic rings. The second-order valence-electron chi connectivity index (χ2n) is 4.36. The lowest BCUT2D eigenvalue weighted by atomic mass is 10.3. The number of nitrogens with one attached hydrogen (secondary N) is 1. The summed E-state index contributed by atoms with van der Waals surface area (Å²) < 4.78 is 19.2. The number of carbonyl (C=O) groups is 1. The van der Waals surface area contributed by atoms with Gasteiger partial charge in [-0.2, -0.15) is 0 Å². The van der Waals surface area contributed by atoms with E-state index >= 15 is 0 Å². The number of aromatic nitrogens is 2. The number of rotatable bonds is 4. The van der Waals surface area contributed by atoms with E-state index in [4.69, 9.17) is 0 Å². The summed E-state index contributed by atoms with van der Waals surface area (Å²) in [6.45, 7) is -0.316. The Morgan fingerprint density at radius 2 is 2.14 bits per heavy atom. The molecule has 22 heavy (non-hydrogen) atoms. The van der Waals surface area contributed by atoms with Gasteiger partial charge < -0.3 is 5.32 Å². The topological polar surface area (TPSA) is 77.1 Å². The van der Waals surface area contributed by atoms with Gasteiger partial charge in [0.25, 0.3) is 0 Å². The zero-order chi connectivity index (χ0) is 15.5. The van der Waals surface area contributed by atoms with Crippen LogP contribution in [-0.2, 0) is 11.3 Å². The van der Waals surface area contributed by atoms with E-state index in [1.165, 1.54) is 29.5 Å². The molecule has 8 heteroatoms. The number of carbonyl (C=O) groups excluding carboxylic acids is 1. The number of halogens is 1. The fraction of sp³-hybridized carbons (Fsp3) is 0.0714. The molecule has 0 atom stereocenters. The van der Waals surface area contributed by atoms with Gasteiger partial charge in [0.1, 0.15) is 12.4 Å². The maximum atomic E-state index is 13.5. The van der Waals surface area contributed by atoms with Crippen molar-refractivity contribution in [3.05, 3.63) is 58.1 Å². The SMILES string of the molecule is O=C(Cn1c(-c2cccs2)noc1=O)Nc1ccccc1F. The predicted molar refractivity (Wildman–Crippen MR) is 79.1 cm³/mol. The lowest BCUT2D eigenvalue weighted by Crippen LogP contribution is -2.25. The number of nitrogens with zero attached hydrogens (tertiary/aromatic N) is 2. The first-order valence-corrected chi connectivity index (χ1v) is 7.18. The van der Waals surface area contributed by atoms with Gasteiger partial charge in [0, 0.05) is 0 Å². The number of hydrogen-bond acceptors (Lipinski definition) is 5. The van der Waals surface area contributed by atoms with E-state index in [1.807, 2.05) is 5.38 Å². The van der Waals surface area contributed by atoms with Gasteiger partial charge in [0.05, 0.1) is 10.6 Å². The molecule has 0 unspecified atom stereocenters. The second-order valence-corrected chi connectivity index (χ2v) is 5.31. The first-order valence-electron chi connectivity index (χ1n) is 6.30. The summed E-state index contributed by atoms with van der Waals surface area (Å²) in [7, 11) is 0. The minimum atomic E-state index is -0.743. The van der Waals surface area contributed by atoms with Gasteiger partial charge in [0.2, 0.25) is 5.91 Å². The summed E-state index contributed by atoms with van der Waals surface area (Å²) in [4.78, 5) is 24.4. The minimum Gasteiger partial charge on any atom is -0.322 e. The molecular formula is C14H10FN3O3S. The molecule has 6 nitrogen and oxygen atoms in total. The molecule has 1 aromatic carbocycles. The Labute approximate surface area is 127 Å². The fourth-order valence-electron chi connectivity index (χ4n) is 1.89. The van der Waals surface area contributed by atoms with Gasteiger partial charge >= 0.3 is 5.76 Å². The van der Waals surface area contributed by atoms with E-state index in [-0.39, 0.29) is 18.1 Å². The highest BCUT2D eigenvalue weighted by molar-refractivity contribution is 7.13. The zero-order valence-electron chi connectivity index (χ0n) is 11.2. The first kappa shape index (κ1) is 14.2. The van der Waals surface area contributed by atoms with Crippen LogP contribution >= 0.6 is 11.3 Å². The number of thiophene rings is 1. The smallest absolute Gasteiger partial charge is 0.322 e. The molecule has 2 aromatic heterocycles. The van der Waals surface area contributed by atoms with E-state index < -0.39 is 17.5 Å². The second kappa shape index (κ2) is 5.94. The maximum Gasteiger partial charge on any atom is 0.442 e. The molecule has 0 fully saturated rings. The monoisotopic (exact) mass is 319 g/mol. The van der Waals surface area contributed by atoms with Crippen LogP contribution in [0, 0.1) is 5.82 Å². The van der Waals surface area contributed by atoms with E-state index in [1.54, 1.807) is 18.2 Å². The Morgan fingerprint density at radius 3 is 2.86 bits per heavy atom. The van der Waals surface area contributed by atoms with Crippen molar-refractivity contribution in [2.24, 2.45) is 0 Å². The van der Waals surface area contributed by atoms with Gasteiger partial charge in [-0.15, -0.1) is 11.3 Å². The number of hydrogen-bond donors (Lipinski definition) is 1. The van der Waals surface area contributed by atoms with Crippen molar-refractivity contribution in [2.75, 3.05) is 5.32 Å². The van der Waals surface area contributed by atoms with E-state index in [2.05, 4.69) is 15.0 Å². The van der Waals surface area contributed by atoms with Crippen LogP contribution in [-0.4, -0.2) is 15.6 Å². The van der Waals surface area contributed by atoms with Crippen LogP contribution in [0.3, 0.4) is 0 Å². The molecular weight excluding hydrogens is 309 g/mol. The number of amides is 1. The molecule has 3 rings (SSSR count). The standard InChI is InChI=1S/C14H10FN3O3S/c15-9-4-1-2-5-10(9)16-12(19)8-18-13(17-21-14(18)20)11-6-3-7-22-11/h1-7H,8H2,(H,16,19). The summed E-state index contributed by atoms with van der Waals surface area (Å²) in [5.74, 6) is -1.57. The van der Waals surface area contributed by atoms with E-state index in [0.717, 1.165) is 4.57 Å². The quantitative estimate of drug-likeness (QED) is 0.801. The largest absolute Gasteiger partial charge is 0.442 e. The third-order valence-corrected chi connectivity index (χ3v) is 3.74. The molecule has 0 aliphatic rings. The molecule has 0 saturated heterocycles. The normalized spacial score (nSPS) is 10.6. The van der Waals surface area contributed by atoms with Crippen molar-refractivity contribution in [2.45, 2.75) is 6.54 Å². The molecule has 1 N–H and O–H groups in total. The average molecular weight is 319 g/mol. The van der Waals surface area contributed by atoms with E-state index in [9.17, 15) is 14.0 Å². The van der Waals surface area contributed by atoms with Gasteiger partial charge in [-0.3, -0.25) is 9.32 Å². The zero-order valence-corrected chi connectivity index (χ0v) is 12.0. The fourth-order valence-corrected chi connectivity index (χ4v) is 2.60. The van der Waals surface area contributed by atoms with Crippen molar-refractivity contribution in [1.82, 2.24) is 9.72 Å². The highest BCUT2D eigenvalue weighted by Gasteiger charge is 2.17. The third-order valence-electron chi connectivity index (χ3n) is 2.88. The molecule has 0 radical (unpaired) electrons. The summed E-state index contributed by atoms with van der Waals surface area (Å²) in [5, 5.41) is 7.89. The molecule has 0 spiro atoms. The first-order chi connectivity index (χ1) is 10.6. The molecule has 0 saturated carbocycles. The summed E-state index contributed by atoms with van der Waals surface area (Å²) in [6, 6.07) is 9.34. The molecule has 0 aliphatic carbocycles. The van der Waals surface area contributed by atoms with Crippen molar-refractivity contribution in [3.8, 4) is 10.7 Å².